The molecule has 258 valence electrons. The topological polar surface area (TPSA) is 51.8 Å². The molecule has 10 rings (SSSR count). The predicted octanol–water partition coefficient (Wildman–Crippen LogP) is 13.4. The van der Waals surface area contributed by atoms with Crippen LogP contribution < -0.4 is 0 Å². The maximum absolute atomic E-state index is 6.33. The molecular formula is C51H33N3O. The normalized spacial score (nSPS) is 11.3. The summed E-state index contributed by atoms with van der Waals surface area (Å²) in [5, 5.41) is 2.27. The summed E-state index contributed by atoms with van der Waals surface area (Å²) in [7, 11) is 0. The van der Waals surface area contributed by atoms with Crippen molar-refractivity contribution in [2.75, 3.05) is 0 Å². The van der Waals surface area contributed by atoms with Crippen molar-refractivity contribution in [3.63, 3.8) is 0 Å². The second kappa shape index (κ2) is 13.8. The summed E-state index contributed by atoms with van der Waals surface area (Å²) in [5.74, 6) is 1.89. The molecule has 0 unspecified atom stereocenters. The first-order valence-electron chi connectivity index (χ1n) is 18.4. The minimum Gasteiger partial charge on any atom is -0.455 e. The van der Waals surface area contributed by atoms with E-state index < -0.39 is 0 Å². The van der Waals surface area contributed by atoms with Crippen molar-refractivity contribution in [3.8, 4) is 78.7 Å². The smallest absolute Gasteiger partial charge is 0.164 e. The molecule has 0 aliphatic heterocycles. The Kier molecular flexibility index (Phi) is 8.12. The summed E-state index contributed by atoms with van der Waals surface area (Å²) in [6.07, 6.45) is 0. The van der Waals surface area contributed by atoms with E-state index in [0.717, 1.165) is 83.1 Å². The number of fused-ring (bicyclic) bond motifs is 3. The Morgan fingerprint density at radius 3 is 1.47 bits per heavy atom. The molecule has 4 nitrogen and oxygen atoms in total. The largest absolute Gasteiger partial charge is 0.455 e. The van der Waals surface area contributed by atoms with Crippen molar-refractivity contribution in [1.82, 2.24) is 15.0 Å². The van der Waals surface area contributed by atoms with Crippen LogP contribution in [0.4, 0.5) is 0 Å². The molecule has 0 saturated heterocycles. The zero-order chi connectivity index (χ0) is 36.6. The second-order valence-electron chi connectivity index (χ2n) is 13.6. The number of rotatable bonds is 7. The van der Waals surface area contributed by atoms with E-state index in [4.69, 9.17) is 19.4 Å². The molecule has 4 heteroatoms. The third-order valence-electron chi connectivity index (χ3n) is 10.2. The lowest BCUT2D eigenvalue weighted by Gasteiger charge is -2.13. The third-order valence-corrected chi connectivity index (χ3v) is 10.2. The van der Waals surface area contributed by atoms with Gasteiger partial charge in [-0.05, 0) is 57.1 Å². The maximum atomic E-state index is 6.33. The van der Waals surface area contributed by atoms with Crippen LogP contribution in [0.3, 0.4) is 0 Å². The standard InChI is InChI=1S/C51H33N3O/c1-3-14-35(15-4-1)42-22-7-8-24-46(42)51-53-49(37-16-5-2-6-17-37)52-50(54-51)41-21-12-20-40(33-41)39-19-11-18-38(32-39)34-28-30-36(31-29-34)43-25-13-26-45-44-23-9-10-27-47(44)55-48(43)45/h1-33H. The van der Waals surface area contributed by atoms with E-state index in [1.54, 1.807) is 0 Å². The third kappa shape index (κ3) is 6.16. The van der Waals surface area contributed by atoms with Gasteiger partial charge in [-0.3, -0.25) is 0 Å². The van der Waals surface area contributed by atoms with Crippen LogP contribution in [0, 0.1) is 0 Å². The molecule has 0 aliphatic rings. The van der Waals surface area contributed by atoms with Crippen molar-refractivity contribution < 1.29 is 4.42 Å². The monoisotopic (exact) mass is 703 g/mol. The minimum absolute atomic E-state index is 0.625. The number of nitrogens with zero attached hydrogens (tertiary/aromatic N) is 3. The zero-order valence-electron chi connectivity index (χ0n) is 29.8. The lowest BCUT2D eigenvalue weighted by Crippen LogP contribution is -2.01. The van der Waals surface area contributed by atoms with Gasteiger partial charge in [-0.25, -0.2) is 15.0 Å². The maximum Gasteiger partial charge on any atom is 0.164 e. The molecule has 8 aromatic carbocycles. The summed E-state index contributed by atoms with van der Waals surface area (Å²) >= 11 is 0. The first kappa shape index (κ1) is 32.2. The fourth-order valence-corrected chi connectivity index (χ4v) is 7.42. The van der Waals surface area contributed by atoms with Crippen LogP contribution in [-0.4, -0.2) is 15.0 Å². The van der Waals surface area contributed by atoms with Crippen LogP contribution in [-0.2, 0) is 0 Å². The first-order chi connectivity index (χ1) is 27.2. The number of hydrogen-bond acceptors (Lipinski definition) is 4. The molecule has 2 aromatic heterocycles. The molecule has 0 saturated carbocycles. The molecule has 0 bridgehead atoms. The highest BCUT2D eigenvalue weighted by molar-refractivity contribution is 6.09. The molecule has 0 atom stereocenters. The number of hydrogen-bond donors (Lipinski definition) is 0. The summed E-state index contributed by atoms with van der Waals surface area (Å²) in [4.78, 5) is 15.2. The van der Waals surface area contributed by atoms with Gasteiger partial charge in [0.25, 0.3) is 0 Å². The summed E-state index contributed by atoms with van der Waals surface area (Å²) in [6, 6.07) is 69.3. The van der Waals surface area contributed by atoms with Crippen LogP contribution in [0.2, 0.25) is 0 Å². The molecule has 0 fully saturated rings. The fraction of sp³-hybridized carbons (Fsp3) is 0. The number of para-hydroxylation sites is 2. The van der Waals surface area contributed by atoms with E-state index in [9.17, 15) is 0 Å². The molecule has 55 heavy (non-hydrogen) atoms. The quantitative estimate of drug-likeness (QED) is 0.166. The Bertz CT molecular complexity index is 2970. The second-order valence-corrected chi connectivity index (χ2v) is 13.6. The van der Waals surface area contributed by atoms with Gasteiger partial charge in [-0.1, -0.05) is 182 Å². The number of furan rings is 1. The highest BCUT2D eigenvalue weighted by atomic mass is 16.3. The van der Waals surface area contributed by atoms with Gasteiger partial charge in [0.15, 0.2) is 17.5 Å². The van der Waals surface area contributed by atoms with Crippen molar-refractivity contribution in [2.45, 2.75) is 0 Å². The van der Waals surface area contributed by atoms with Crippen molar-refractivity contribution in [2.24, 2.45) is 0 Å². The Morgan fingerprint density at radius 1 is 0.273 bits per heavy atom. The van der Waals surface area contributed by atoms with E-state index in [0.29, 0.717) is 17.5 Å². The molecule has 0 spiro atoms. The SMILES string of the molecule is c1ccc(-c2nc(-c3cccc(-c4cccc(-c5ccc(-c6cccc7c6oc6ccccc67)cc5)c4)c3)nc(-c3ccccc3-c3ccccc3)n2)cc1. The van der Waals surface area contributed by atoms with Gasteiger partial charge >= 0.3 is 0 Å². The number of benzene rings is 8. The highest BCUT2D eigenvalue weighted by Crippen LogP contribution is 2.37. The molecule has 10 aromatic rings. The molecule has 0 radical (unpaired) electrons. The Morgan fingerprint density at radius 2 is 0.727 bits per heavy atom. The lowest BCUT2D eigenvalue weighted by molar-refractivity contribution is 0.670. The van der Waals surface area contributed by atoms with Crippen LogP contribution in [0.15, 0.2) is 205 Å². The lowest BCUT2D eigenvalue weighted by atomic mass is 9.96. The van der Waals surface area contributed by atoms with Crippen LogP contribution in [0.25, 0.3) is 101 Å². The van der Waals surface area contributed by atoms with E-state index in [1.165, 1.54) is 0 Å². The van der Waals surface area contributed by atoms with E-state index >= 15 is 0 Å². The average Bonchev–Trinajstić information content (AvgIpc) is 3.66. The van der Waals surface area contributed by atoms with Crippen LogP contribution in [0.1, 0.15) is 0 Å². The molecule has 0 N–H and O–H groups in total. The average molecular weight is 704 g/mol. The molecule has 0 aliphatic carbocycles. The van der Waals surface area contributed by atoms with Crippen molar-refractivity contribution in [3.05, 3.63) is 200 Å². The van der Waals surface area contributed by atoms with Gasteiger partial charge < -0.3 is 4.42 Å². The van der Waals surface area contributed by atoms with Gasteiger partial charge in [0.05, 0.1) is 0 Å². The van der Waals surface area contributed by atoms with E-state index in [1.807, 2.05) is 54.6 Å². The highest BCUT2D eigenvalue weighted by Gasteiger charge is 2.17. The van der Waals surface area contributed by atoms with Gasteiger partial charge in [-0.15, -0.1) is 0 Å². The van der Waals surface area contributed by atoms with E-state index in [2.05, 4.69) is 146 Å². The van der Waals surface area contributed by atoms with Crippen molar-refractivity contribution in [1.29, 1.82) is 0 Å². The zero-order valence-corrected chi connectivity index (χ0v) is 29.8. The summed E-state index contributed by atoms with van der Waals surface area (Å²) in [5.41, 5.74) is 13.5. The number of aromatic nitrogens is 3. The van der Waals surface area contributed by atoms with E-state index in [-0.39, 0.29) is 0 Å². The summed E-state index contributed by atoms with van der Waals surface area (Å²) < 4.78 is 6.33. The van der Waals surface area contributed by atoms with Crippen LogP contribution >= 0.6 is 0 Å². The summed E-state index contributed by atoms with van der Waals surface area (Å²) in [6.45, 7) is 0. The van der Waals surface area contributed by atoms with Gasteiger partial charge in [0, 0.05) is 33.0 Å². The molecule has 2 heterocycles. The molecular weight excluding hydrogens is 671 g/mol. The van der Waals surface area contributed by atoms with Crippen LogP contribution in [0.5, 0.6) is 0 Å². The fourth-order valence-electron chi connectivity index (χ4n) is 7.42. The van der Waals surface area contributed by atoms with Gasteiger partial charge in [-0.2, -0.15) is 0 Å². The molecule has 0 amide bonds. The Balaban J connectivity index is 1.01. The first-order valence-corrected chi connectivity index (χ1v) is 18.4. The van der Waals surface area contributed by atoms with Gasteiger partial charge in [0.1, 0.15) is 11.2 Å². The van der Waals surface area contributed by atoms with Gasteiger partial charge in [0.2, 0.25) is 0 Å². The predicted molar refractivity (Wildman–Crippen MR) is 225 cm³/mol. The minimum atomic E-state index is 0.625. The Hall–Kier alpha value is -7.43. The Labute approximate surface area is 319 Å². The van der Waals surface area contributed by atoms with Crippen molar-refractivity contribution >= 4 is 21.9 Å².